The summed E-state index contributed by atoms with van der Waals surface area (Å²) >= 11 is 0. The topological polar surface area (TPSA) is 114 Å². The van der Waals surface area contributed by atoms with Crippen LogP contribution in [0.3, 0.4) is 0 Å². The number of hydrogen-bond acceptors (Lipinski definition) is 7. The number of oxazole rings is 1. The minimum Gasteiger partial charge on any atom is -0.481 e. The molecule has 8 heteroatoms. The Morgan fingerprint density at radius 2 is 1.96 bits per heavy atom. The number of nitrogens with zero attached hydrogens (tertiary/aromatic N) is 3. The van der Waals surface area contributed by atoms with Crippen LogP contribution < -0.4 is 5.32 Å². The van der Waals surface area contributed by atoms with Crippen LogP contribution >= 0.6 is 0 Å². The fraction of sp³-hybridized carbons (Fsp3) is 0.250. The third-order valence-corrected chi connectivity index (χ3v) is 3.86. The van der Waals surface area contributed by atoms with Crippen molar-refractivity contribution >= 4 is 12.0 Å². The van der Waals surface area contributed by atoms with E-state index in [1.165, 1.54) is 17.3 Å². The van der Waals surface area contributed by atoms with Crippen molar-refractivity contribution in [3.05, 3.63) is 47.5 Å². The van der Waals surface area contributed by atoms with Crippen LogP contribution in [0.2, 0.25) is 0 Å². The molecule has 2 heterocycles. The quantitative estimate of drug-likeness (QED) is 0.731. The Balaban J connectivity index is 1.44. The van der Waals surface area contributed by atoms with Gasteiger partial charge in [-0.2, -0.15) is 0 Å². The molecule has 0 amide bonds. The van der Waals surface area contributed by atoms with Gasteiger partial charge in [-0.15, -0.1) is 10.2 Å². The van der Waals surface area contributed by atoms with E-state index in [1.54, 1.807) is 0 Å². The van der Waals surface area contributed by atoms with E-state index in [2.05, 4.69) is 32.6 Å². The molecule has 0 fully saturated rings. The Bertz CT molecular complexity index is 861. The molecule has 2 aromatic heterocycles. The summed E-state index contributed by atoms with van der Waals surface area (Å²) in [7, 11) is 0. The van der Waals surface area contributed by atoms with Crippen molar-refractivity contribution in [1.29, 1.82) is 0 Å². The lowest BCUT2D eigenvalue weighted by Gasteiger charge is -2.08. The molecule has 24 heavy (non-hydrogen) atoms. The molecule has 0 saturated heterocycles. The van der Waals surface area contributed by atoms with E-state index >= 15 is 0 Å². The lowest BCUT2D eigenvalue weighted by Crippen LogP contribution is -2.19. The monoisotopic (exact) mass is 326 g/mol. The zero-order valence-electron chi connectivity index (χ0n) is 12.6. The minimum absolute atomic E-state index is 0.0228. The molecule has 0 radical (unpaired) electrons. The van der Waals surface area contributed by atoms with E-state index in [9.17, 15) is 4.79 Å². The molecule has 0 saturated carbocycles. The predicted molar refractivity (Wildman–Crippen MR) is 82.4 cm³/mol. The number of aromatic nitrogens is 3. The minimum atomic E-state index is -1.04. The molecular weight excluding hydrogens is 312 g/mol. The Morgan fingerprint density at radius 1 is 1.21 bits per heavy atom. The second kappa shape index (κ2) is 5.80. The lowest BCUT2D eigenvalue weighted by molar-refractivity contribution is -0.136. The number of rotatable bonds is 5. The van der Waals surface area contributed by atoms with Gasteiger partial charge in [0.25, 0.3) is 11.9 Å². The summed E-state index contributed by atoms with van der Waals surface area (Å²) in [5, 5.41) is 19.4. The number of benzene rings is 1. The highest BCUT2D eigenvalue weighted by molar-refractivity contribution is 5.68. The average Bonchev–Trinajstić information content (AvgIpc) is 3.25. The molecule has 1 aliphatic carbocycles. The van der Waals surface area contributed by atoms with Crippen LogP contribution in [0.1, 0.15) is 17.0 Å². The maximum absolute atomic E-state index is 10.6. The summed E-state index contributed by atoms with van der Waals surface area (Å²) < 4.78 is 10.8. The standard InChI is InChI=1S/C16H14N4O4/c21-14(22)7-13-19-20-15(24-13)12-8-17-16(23-12)18-11-5-9-3-1-2-4-10(9)6-11/h1-4,8,11H,5-7H2,(H,17,18)(H,21,22). The summed E-state index contributed by atoms with van der Waals surface area (Å²) in [5.41, 5.74) is 2.66. The highest BCUT2D eigenvalue weighted by Crippen LogP contribution is 2.26. The molecule has 8 nitrogen and oxygen atoms in total. The predicted octanol–water partition coefficient (Wildman–Crippen LogP) is 1.93. The molecule has 0 aliphatic heterocycles. The van der Waals surface area contributed by atoms with Gasteiger partial charge in [-0.1, -0.05) is 24.3 Å². The Labute approximate surface area is 136 Å². The number of aliphatic carboxylic acids is 1. The normalized spacial score (nSPS) is 13.8. The summed E-state index contributed by atoms with van der Waals surface area (Å²) in [6, 6.07) is 8.92. The fourth-order valence-corrected chi connectivity index (χ4v) is 2.83. The summed E-state index contributed by atoms with van der Waals surface area (Å²) in [4.78, 5) is 14.8. The first kappa shape index (κ1) is 14.4. The molecular formula is C16H14N4O4. The van der Waals surface area contributed by atoms with Crippen molar-refractivity contribution in [1.82, 2.24) is 15.2 Å². The van der Waals surface area contributed by atoms with Crippen LogP contribution in [0, 0.1) is 0 Å². The molecule has 0 unspecified atom stereocenters. The first-order valence-electron chi connectivity index (χ1n) is 7.51. The zero-order chi connectivity index (χ0) is 16.5. The molecule has 2 N–H and O–H groups in total. The van der Waals surface area contributed by atoms with E-state index in [4.69, 9.17) is 13.9 Å². The maximum Gasteiger partial charge on any atom is 0.312 e. The smallest absolute Gasteiger partial charge is 0.312 e. The number of carboxylic acids is 1. The first-order valence-corrected chi connectivity index (χ1v) is 7.51. The third-order valence-electron chi connectivity index (χ3n) is 3.86. The Hall–Kier alpha value is -3.16. The van der Waals surface area contributed by atoms with Crippen LogP contribution in [-0.2, 0) is 24.1 Å². The largest absolute Gasteiger partial charge is 0.481 e. The fourth-order valence-electron chi connectivity index (χ4n) is 2.83. The first-order chi connectivity index (χ1) is 11.7. The molecule has 0 atom stereocenters. The van der Waals surface area contributed by atoms with Crippen molar-refractivity contribution in [2.75, 3.05) is 5.32 Å². The van der Waals surface area contributed by atoms with E-state index in [-0.39, 0.29) is 24.2 Å². The molecule has 1 aromatic carbocycles. The molecule has 4 rings (SSSR count). The molecule has 122 valence electrons. The van der Waals surface area contributed by atoms with Gasteiger partial charge in [-0.3, -0.25) is 4.79 Å². The van der Waals surface area contributed by atoms with Gasteiger partial charge in [-0.05, 0) is 24.0 Å². The highest BCUT2D eigenvalue weighted by atomic mass is 16.4. The van der Waals surface area contributed by atoms with E-state index in [0.29, 0.717) is 11.8 Å². The van der Waals surface area contributed by atoms with Crippen molar-refractivity contribution in [2.45, 2.75) is 25.3 Å². The molecule has 0 spiro atoms. The van der Waals surface area contributed by atoms with Gasteiger partial charge in [0.1, 0.15) is 6.42 Å². The average molecular weight is 326 g/mol. The third kappa shape index (κ3) is 2.85. The second-order valence-corrected chi connectivity index (χ2v) is 5.62. The lowest BCUT2D eigenvalue weighted by atomic mass is 10.1. The van der Waals surface area contributed by atoms with Gasteiger partial charge in [0.2, 0.25) is 11.7 Å². The summed E-state index contributed by atoms with van der Waals surface area (Å²) in [6.07, 6.45) is 2.98. The molecule has 0 bridgehead atoms. The number of fused-ring (bicyclic) bond motifs is 1. The maximum atomic E-state index is 10.6. The van der Waals surface area contributed by atoms with Crippen LogP contribution in [-0.4, -0.2) is 32.3 Å². The Kier molecular flexibility index (Phi) is 3.49. The van der Waals surface area contributed by atoms with Gasteiger partial charge in [-0.25, -0.2) is 4.98 Å². The van der Waals surface area contributed by atoms with Gasteiger partial charge in [0.15, 0.2) is 0 Å². The molecule has 3 aromatic rings. The number of anilines is 1. The summed E-state index contributed by atoms with van der Waals surface area (Å²) in [5.74, 6) is -0.598. The molecule has 1 aliphatic rings. The van der Waals surface area contributed by atoms with Crippen LogP contribution in [0.25, 0.3) is 11.7 Å². The van der Waals surface area contributed by atoms with E-state index in [1.807, 2.05) is 12.1 Å². The van der Waals surface area contributed by atoms with Crippen LogP contribution in [0.15, 0.2) is 39.3 Å². The van der Waals surface area contributed by atoms with Gasteiger partial charge in [0.05, 0.1) is 6.20 Å². The van der Waals surface area contributed by atoms with Crippen molar-refractivity contribution in [3.8, 4) is 11.7 Å². The number of carbonyl (C=O) groups is 1. The van der Waals surface area contributed by atoms with Gasteiger partial charge >= 0.3 is 5.97 Å². The van der Waals surface area contributed by atoms with Crippen LogP contribution in [0.4, 0.5) is 6.01 Å². The van der Waals surface area contributed by atoms with Gasteiger partial charge in [0, 0.05) is 6.04 Å². The highest BCUT2D eigenvalue weighted by Gasteiger charge is 2.23. The number of carboxylic acid groups (broad SMARTS) is 1. The Morgan fingerprint density at radius 3 is 2.67 bits per heavy atom. The number of hydrogen-bond donors (Lipinski definition) is 2. The summed E-state index contributed by atoms with van der Waals surface area (Å²) in [6.45, 7) is 0. The SMILES string of the molecule is O=C(O)Cc1nnc(-c2cnc(NC3Cc4ccccc4C3)o2)o1. The van der Waals surface area contributed by atoms with E-state index in [0.717, 1.165) is 12.8 Å². The van der Waals surface area contributed by atoms with Crippen molar-refractivity contribution < 1.29 is 18.7 Å². The zero-order valence-corrected chi connectivity index (χ0v) is 12.6. The van der Waals surface area contributed by atoms with Crippen molar-refractivity contribution in [2.24, 2.45) is 0 Å². The van der Waals surface area contributed by atoms with Gasteiger partial charge < -0.3 is 19.3 Å². The van der Waals surface area contributed by atoms with E-state index < -0.39 is 5.97 Å². The van der Waals surface area contributed by atoms with Crippen LogP contribution in [0.5, 0.6) is 0 Å². The van der Waals surface area contributed by atoms with Crippen molar-refractivity contribution in [3.63, 3.8) is 0 Å². The second-order valence-electron chi connectivity index (χ2n) is 5.62. The number of nitrogens with one attached hydrogen (secondary N) is 1.